The maximum Gasteiger partial charge on any atom is 0.248 e. The number of tetrazole rings is 1. The fourth-order valence-corrected chi connectivity index (χ4v) is 3.89. The maximum atomic E-state index is 13.7. The average Bonchev–Trinajstić information content (AvgIpc) is 3.52. The molecule has 2 aromatic carbocycles. The largest absolute Gasteiger partial charge is 0.349 e. The van der Waals surface area contributed by atoms with Gasteiger partial charge in [-0.3, -0.25) is 9.67 Å². The monoisotopic (exact) mass is 494 g/mol. The molecule has 5 aromatic rings. The van der Waals surface area contributed by atoms with Gasteiger partial charge in [-0.1, -0.05) is 64.7 Å². The van der Waals surface area contributed by atoms with Crippen molar-refractivity contribution in [2.75, 3.05) is 5.32 Å². The first-order valence-electron chi connectivity index (χ1n) is 10.3. The predicted octanol–water partition coefficient (Wildman–Crippen LogP) is 5.03. The summed E-state index contributed by atoms with van der Waals surface area (Å²) < 4.78 is 16.9. The van der Waals surface area contributed by atoms with Crippen LogP contribution in [0.1, 0.15) is 11.1 Å². The number of pyridine rings is 1. The summed E-state index contributed by atoms with van der Waals surface area (Å²) in [4.78, 5) is 4.55. The van der Waals surface area contributed by atoms with E-state index in [9.17, 15) is 4.39 Å². The first-order chi connectivity index (χ1) is 16.6. The Morgan fingerprint density at radius 3 is 2.68 bits per heavy atom. The van der Waals surface area contributed by atoms with E-state index >= 15 is 0 Å². The van der Waals surface area contributed by atoms with Gasteiger partial charge in [0.25, 0.3) is 0 Å². The Kier molecular flexibility index (Phi) is 6.20. The number of benzene rings is 2. The molecule has 0 aliphatic rings. The molecule has 8 nitrogen and oxygen atoms in total. The number of hydrogen-bond donors (Lipinski definition) is 1. The molecule has 0 saturated carbocycles. The molecule has 0 radical (unpaired) electrons. The van der Waals surface area contributed by atoms with Crippen molar-refractivity contribution in [2.24, 2.45) is 0 Å². The van der Waals surface area contributed by atoms with Gasteiger partial charge in [-0.15, -0.1) is 0 Å². The molecule has 0 fully saturated rings. The third-order valence-electron chi connectivity index (χ3n) is 5.13. The third-order valence-corrected chi connectivity index (χ3v) is 5.98. The Labute approximate surface area is 204 Å². The van der Waals surface area contributed by atoms with Gasteiger partial charge >= 0.3 is 0 Å². The van der Waals surface area contributed by atoms with E-state index in [4.69, 9.17) is 23.2 Å². The van der Waals surface area contributed by atoms with Crippen LogP contribution < -0.4 is 5.32 Å². The van der Waals surface area contributed by atoms with Crippen LogP contribution >= 0.6 is 23.2 Å². The number of rotatable bonds is 7. The highest BCUT2D eigenvalue weighted by atomic mass is 35.5. The normalized spacial score (nSPS) is 11.0. The summed E-state index contributed by atoms with van der Waals surface area (Å²) in [5.41, 5.74) is 4.11. The molecule has 1 N–H and O–H groups in total. The van der Waals surface area contributed by atoms with Crippen molar-refractivity contribution in [3.63, 3.8) is 0 Å². The van der Waals surface area contributed by atoms with E-state index in [0.29, 0.717) is 24.7 Å². The molecule has 0 spiro atoms. The van der Waals surface area contributed by atoms with Crippen molar-refractivity contribution < 1.29 is 4.39 Å². The van der Waals surface area contributed by atoms with Gasteiger partial charge in [0.15, 0.2) is 0 Å². The first-order valence-corrected chi connectivity index (χ1v) is 11.0. The van der Waals surface area contributed by atoms with Gasteiger partial charge in [0.1, 0.15) is 5.82 Å². The Morgan fingerprint density at radius 2 is 1.82 bits per heavy atom. The average molecular weight is 495 g/mol. The Bertz CT molecular complexity index is 1430. The van der Waals surface area contributed by atoms with Gasteiger partial charge in [-0.05, 0) is 39.8 Å². The van der Waals surface area contributed by atoms with E-state index in [0.717, 1.165) is 22.4 Å². The molecular formula is C23H17Cl2FN8. The number of nitrogens with zero attached hydrogens (tertiary/aromatic N) is 7. The molecule has 0 atom stereocenters. The van der Waals surface area contributed by atoms with E-state index in [-0.39, 0.29) is 10.0 Å². The van der Waals surface area contributed by atoms with E-state index < -0.39 is 5.82 Å². The third kappa shape index (κ3) is 4.48. The Morgan fingerprint density at radius 1 is 0.971 bits per heavy atom. The minimum atomic E-state index is -0.620. The van der Waals surface area contributed by atoms with Crippen molar-refractivity contribution in [1.82, 2.24) is 35.0 Å². The minimum absolute atomic E-state index is 0.0184. The number of aromatic nitrogens is 7. The Balaban J connectivity index is 1.37. The van der Waals surface area contributed by atoms with E-state index in [1.807, 2.05) is 41.2 Å². The summed E-state index contributed by atoms with van der Waals surface area (Å²) in [7, 11) is 0. The van der Waals surface area contributed by atoms with Gasteiger partial charge in [-0.2, -0.15) is 9.78 Å². The molecule has 11 heteroatoms. The highest BCUT2D eigenvalue weighted by Crippen LogP contribution is 2.31. The van der Waals surface area contributed by atoms with Crippen LogP contribution in [0, 0.1) is 5.82 Å². The summed E-state index contributed by atoms with van der Waals surface area (Å²) in [6, 6.07) is 16.6. The first kappa shape index (κ1) is 22.0. The number of hydrogen-bond acceptors (Lipinski definition) is 6. The van der Waals surface area contributed by atoms with Crippen LogP contribution in [0.3, 0.4) is 0 Å². The molecule has 0 amide bonds. The van der Waals surface area contributed by atoms with Crippen molar-refractivity contribution in [2.45, 2.75) is 13.1 Å². The van der Waals surface area contributed by atoms with Crippen LogP contribution in [-0.2, 0) is 13.1 Å². The van der Waals surface area contributed by atoms with Gasteiger partial charge in [0, 0.05) is 24.5 Å². The number of nitrogens with one attached hydrogen (secondary N) is 1. The van der Waals surface area contributed by atoms with Crippen LogP contribution in [0.2, 0.25) is 10.0 Å². The standard InChI is InChI=1S/C23H17Cl2FN8/c24-20-18(26)8-9-19(21(20)25)34-23(30-31-32-34)28-11-16-7-4-10-27-22(16)17-12-29-33(14-17)13-15-5-2-1-3-6-15/h1-10,12,14H,11,13H2,(H,28,30,32). The van der Waals surface area contributed by atoms with E-state index in [1.54, 1.807) is 12.4 Å². The lowest BCUT2D eigenvalue weighted by atomic mass is 10.1. The number of anilines is 1. The fourth-order valence-electron chi connectivity index (χ4n) is 3.50. The SMILES string of the molecule is Fc1ccc(-n2nnnc2NCc2cccnc2-c2cnn(Cc3ccccc3)c2)c(Cl)c1Cl. The molecule has 0 saturated heterocycles. The van der Waals surface area contributed by atoms with Gasteiger partial charge in [0.05, 0.1) is 34.2 Å². The molecule has 170 valence electrons. The molecule has 5 rings (SSSR count). The highest BCUT2D eigenvalue weighted by Gasteiger charge is 2.17. The van der Waals surface area contributed by atoms with Gasteiger partial charge in [0.2, 0.25) is 5.95 Å². The van der Waals surface area contributed by atoms with Crippen LogP contribution in [0.25, 0.3) is 16.9 Å². The zero-order valence-electron chi connectivity index (χ0n) is 17.6. The van der Waals surface area contributed by atoms with Crippen LogP contribution in [-0.4, -0.2) is 35.0 Å². The van der Waals surface area contributed by atoms with E-state index in [1.165, 1.54) is 16.8 Å². The molecule has 3 heterocycles. The second-order valence-electron chi connectivity index (χ2n) is 7.39. The predicted molar refractivity (Wildman–Crippen MR) is 127 cm³/mol. The van der Waals surface area contributed by atoms with Crippen LogP contribution in [0.5, 0.6) is 0 Å². The summed E-state index contributed by atoms with van der Waals surface area (Å²) >= 11 is 12.2. The second kappa shape index (κ2) is 9.58. The smallest absolute Gasteiger partial charge is 0.248 e. The Hall–Kier alpha value is -3.82. The molecule has 0 aliphatic carbocycles. The van der Waals surface area contributed by atoms with Gasteiger partial charge < -0.3 is 5.32 Å². The second-order valence-corrected chi connectivity index (χ2v) is 8.14. The zero-order valence-corrected chi connectivity index (χ0v) is 19.1. The summed E-state index contributed by atoms with van der Waals surface area (Å²) in [5, 5.41) is 19.2. The molecule has 0 aliphatic heterocycles. The summed E-state index contributed by atoms with van der Waals surface area (Å²) in [5.74, 6) is -0.301. The summed E-state index contributed by atoms with van der Waals surface area (Å²) in [6.07, 6.45) is 5.49. The lowest BCUT2D eigenvalue weighted by Gasteiger charge is -2.11. The van der Waals surface area contributed by atoms with Crippen molar-refractivity contribution in [3.05, 3.63) is 100 Å². The fraction of sp³-hybridized carbons (Fsp3) is 0.0870. The summed E-state index contributed by atoms with van der Waals surface area (Å²) in [6.45, 7) is 1.04. The maximum absolute atomic E-state index is 13.7. The van der Waals surface area contributed by atoms with Crippen molar-refractivity contribution in [1.29, 1.82) is 0 Å². The highest BCUT2D eigenvalue weighted by molar-refractivity contribution is 6.43. The molecule has 0 bridgehead atoms. The zero-order chi connectivity index (χ0) is 23.5. The van der Waals surface area contributed by atoms with Crippen LogP contribution in [0.15, 0.2) is 73.2 Å². The minimum Gasteiger partial charge on any atom is -0.349 e. The lowest BCUT2D eigenvalue weighted by Crippen LogP contribution is -2.09. The van der Waals surface area contributed by atoms with Gasteiger partial charge in [-0.25, -0.2) is 4.39 Å². The topological polar surface area (TPSA) is 86.3 Å². The lowest BCUT2D eigenvalue weighted by molar-refractivity contribution is 0.627. The molecule has 3 aromatic heterocycles. The van der Waals surface area contributed by atoms with Crippen molar-refractivity contribution >= 4 is 29.2 Å². The quantitative estimate of drug-likeness (QED) is 0.319. The molecule has 0 unspecified atom stereocenters. The van der Waals surface area contributed by atoms with E-state index in [2.05, 4.69) is 43.1 Å². The van der Waals surface area contributed by atoms with Crippen molar-refractivity contribution in [3.8, 4) is 16.9 Å². The number of halogens is 3. The molecular weight excluding hydrogens is 478 g/mol. The van der Waals surface area contributed by atoms with Crippen LogP contribution in [0.4, 0.5) is 10.3 Å². The molecule has 34 heavy (non-hydrogen) atoms.